The Morgan fingerprint density at radius 2 is 1.82 bits per heavy atom. The summed E-state index contributed by atoms with van der Waals surface area (Å²) in [4.78, 5) is 40.6. The van der Waals surface area contributed by atoms with Crippen LogP contribution in [0.15, 0.2) is 24.4 Å². The van der Waals surface area contributed by atoms with E-state index in [0.29, 0.717) is 16.6 Å². The van der Waals surface area contributed by atoms with Crippen LogP contribution in [-0.2, 0) is 19.1 Å². The largest absolute Gasteiger partial charge is 0.494 e. The highest BCUT2D eigenvalue weighted by Gasteiger charge is 2.38. The average molecular weight is 477 g/mol. The fourth-order valence-electron chi connectivity index (χ4n) is 3.41. The number of nitrogens with zero attached hydrogens (tertiary/aromatic N) is 4. The van der Waals surface area contributed by atoms with Crippen LogP contribution >= 0.6 is 11.6 Å². The van der Waals surface area contributed by atoms with Gasteiger partial charge in [0.15, 0.2) is 11.7 Å². The first-order valence-corrected chi connectivity index (χ1v) is 10.3. The Balaban J connectivity index is 2.35. The second-order valence-electron chi connectivity index (χ2n) is 6.80. The maximum absolute atomic E-state index is 12.7. The lowest BCUT2D eigenvalue weighted by molar-refractivity contribution is -0.385. The molecule has 0 aliphatic carbocycles. The van der Waals surface area contributed by atoms with Crippen LogP contribution in [-0.4, -0.2) is 51.9 Å². The normalized spacial score (nSPS) is 11.0. The molecule has 0 bridgehead atoms. The number of ether oxygens (including phenoxy) is 3. The van der Waals surface area contributed by atoms with Crippen LogP contribution in [0.3, 0.4) is 0 Å². The molecule has 0 spiro atoms. The first-order valence-electron chi connectivity index (χ1n) is 9.94. The molecule has 2 heterocycles. The highest BCUT2D eigenvalue weighted by atomic mass is 35.5. The fraction of sp³-hybridized carbons (Fsp3) is 0.333. The summed E-state index contributed by atoms with van der Waals surface area (Å²) >= 11 is 6.07. The summed E-state index contributed by atoms with van der Waals surface area (Å²) in [5.74, 6) is -3.52. The van der Waals surface area contributed by atoms with Crippen molar-refractivity contribution < 1.29 is 28.7 Å². The van der Waals surface area contributed by atoms with Crippen molar-refractivity contribution in [1.29, 1.82) is 0 Å². The van der Waals surface area contributed by atoms with E-state index in [0.717, 1.165) is 6.07 Å². The van der Waals surface area contributed by atoms with E-state index < -0.39 is 28.5 Å². The number of methoxy groups -OCH3 is 1. The molecular formula is C21H21ClN4O7. The Kier molecular flexibility index (Phi) is 7.12. The molecule has 12 heteroatoms. The molecular weight excluding hydrogens is 456 g/mol. The molecule has 3 aromatic rings. The van der Waals surface area contributed by atoms with Crippen LogP contribution in [0.4, 0.5) is 5.69 Å². The number of nitro benzene ring substituents is 1. The van der Waals surface area contributed by atoms with Crippen molar-refractivity contribution in [3.05, 3.63) is 50.9 Å². The summed E-state index contributed by atoms with van der Waals surface area (Å²) in [7, 11) is 1.34. The van der Waals surface area contributed by atoms with Gasteiger partial charge in [-0.05, 0) is 26.8 Å². The second kappa shape index (κ2) is 9.82. The minimum atomic E-state index is -1.68. The van der Waals surface area contributed by atoms with Gasteiger partial charge >= 0.3 is 11.9 Å². The molecule has 3 rings (SSSR count). The molecule has 0 radical (unpaired) electrons. The molecule has 174 valence electrons. The molecule has 0 N–H and O–H groups in total. The SMILES string of the molecule is CCOC(=O)C(C(=O)OCC)c1cc(-n2nc(C)c3cnc(Cl)cc32)c(OC)cc1[N+](=O)[O-]. The summed E-state index contributed by atoms with van der Waals surface area (Å²) in [6.07, 6.45) is 1.55. The summed E-state index contributed by atoms with van der Waals surface area (Å²) in [6, 6.07) is 4.00. The van der Waals surface area contributed by atoms with Gasteiger partial charge in [0.25, 0.3) is 5.69 Å². The van der Waals surface area contributed by atoms with Crippen LogP contribution in [0.25, 0.3) is 16.6 Å². The number of carbonyl (C=O) groups is 2. The summed E-state index contributed by atoms with van der Waals surface area (Å²) in [5.41, 5.74) is 0.693. The van der Waals surface area contributed by atoms with Crippen molar-refractivity contribution in [1.82, 2.24) is 14.8 Å². The average Bonchev–Trinajstić information content (AvgIpc) is 3.09. The topological polar surface area (TPSA) is 136 Å². The Bertz CT molecular complexity index is 1220. The highest BCUT2D eigenvalue weighted by molar-refractivity contribution is 6.30. The van der Waals surface area contributed by atoms with E-state index >= 15 is 0 Å². The lowest BCUT2D eigenvalue weighted by Gasteiger charge is -2.17. The van der Waals surface area contributed by atoms with Crippen molar-refractivity contribution in [3.8, 4) is 11.4 Å². The summed E-state index contributed by atoms with van der Waals surface area (Å²) in [5, 5.41) is 17.2. The van der Waals surface area contributed by atoms with E-state index in [9.17, 15) is 19.7 Å². The Morgan fingerprint density at radius 1 is 1.18 bits per heavy atom. The number of esters is 2. The van der Waals surface area contributed by atoms with E-state index in [1.165, 1.54) is 17.9 Å². The molecule has 0 atom stereocenters. The fourth-order valence-corrected chi connectivity index (χ4v) is 3.56. The highest BCUT2D eigenvalue weighted by Crippen LogP contribution is 2.38. The third kappa shape index (κ3) is 4.58. The van der Waals surface area contributed by atoms with Crippen LogP contribution in [0, 0.1) is 17.0 Å². The number of nitro groups is 1. The number of aromatic nitrogens is 3. The van der Waals surface area contributed by atoms with Gasteiger partial charge in [-0.2, -0.15) is 5.10 Å². The lowest BCUT2D eigenvalue weighted by atomic mass is 9.96. The molecule has 33 heavy (non-hydrogen) atoms. The maximum atomic E-state index is 12.7. The van der Waals surface area contributed by atoms with E-state index in [4.69, 9.17) is 25.8 Å². The van der Waals surface area contributed by atoms with Gasteiger partial charge in [0, 0.05) is 17.6 Å². The van der Waals surface area contributed by atoms with Crippen LogP contribution in [0.1, 0.15) is 31.0 Å². The molecule has 0 fully saturated rings. The molecule has 1 aromatic carbocycles. The summed E-state index contributed by atoms with van der Waals surface area (Å²) in [6.45, 7) is 4.82. The first kappa shape index (κ1) is 23.9. The molecule has 0 amide bonds. The Labute approximate surface area is 193 Å². The number of hydrogen-bond donors (Lipinski definition) is 0. The minimum Gasteiger partial charge on any atom is -0.494 e. The van der Waals surface area contributed by atoms with Gasteiger partial charge in [-0.3, -0.25) is 19.7 Å². The Morgan fingerprint density at radius 3 is 2.36 bits per heavy atom. The lowest BCUT2D eigenvalue weighted by Crippen LogP contribution is -2.27. The zero-order valence-electron chi connectivity index (χ0n) is 18.3. The second-order valence-corrected chi connectivity index (χ2v) is 7.19. The van der Waals surface area contributed by atoms with Gasteiger partial charge in [-0.15, -0.1) is 0 Å². The molecule has 0 saturated heterocycles. The number of hydrogen-bond acceptors (Lipinski definition) is 9. The van der Waals surface area contributed by atoms with Gasteiger partial charge in [-0.25, -0.2) is 9.67 Å². The molecule has 0 unspecified atom stereocenters. The smallest absolute Gasteiger partial charge is 0.325 e. The van der Waals surface area contributed by atoms with Gasteiger partial charge in [0.05, 0.1) is 48.1 Å². The predicted octanol–water partition coefficient (Wildman–Crippen LogP) is 3.51. The van der Waals surface area contributed by atoms with E-state index in [-0.39, 0.29) is 35.4 Å². The third-order valence-electron chi connectivity index (χ3n) is 4.83. The number of carbonyl (C=O) groups excluding carboxylic acids is 2. The Hall–Kier alpha value is -3.73. The van der Waals surface area contributed by atoms with E-state index in [1.54, 1.807) is 33.0 Å². The van der Waals surface area contributed by atoms with Gasteiger partial charge in [0.1, 0.15) is 10.8 Å². The van der Waals surface area contributed by atoms with Crippen molar-refractivity contribution in [2.75, 3.05) is 20.3 Å². The number of aryl methyl sites for hydroxylation is 1. The molecule has 0 aliphatic heterocycles. The number of fused-ring (bicyclic) bond motifs is 1. The quantitative estimate of drug-likeness (QED) is 0.157. The molecule has 0 saturated carbocycles. The number of pyridine rings is 1. The van der Waals surface area contributed by atoms with Crippen molar-refractivity contribution >= 4 is 40.1 Å². The number of benzene rings is 1. The first-order chi connectivity index (χ1) is 15.7. The van der Waals surface area contributed by atoms with Gasteiger partial charge in [-0.1, -0.05) is 11.6 Å². The number of halogens is 1. The van der Waals surface area contributed by atoms with Gasteiger partial charge in [0.2, 0.25) is 0 Å². The minimum absolute atomic E-state index is 0.0277. The maximum Gasteiger partial charge on any atom is 0.325 e. The summed E-state index contributed by atoms with van der Waals surface area (Å²) < 4.78 is 16.9. The molecule has 0 aliphatic rings. The third-order valence-corrected chi connectivity index (χ3v) is 5.03. The zero-order valence-corrected chi connectivity index (χ0v) is 19.1. The monoisotopic (exact) mass is 476 g/mol. The zero-order chi connectivity index (χ0) is 24.3. The van der Waals surface area contributed by atoms with Gasteiger partial charge < -0.3 is 14.2 Å². The van der Waals surface area contributed by atoms with Crippen LogP contribution < -0.4 is 4.74 Å². The molecule has 11 nitrogen and oxygen atoms in total. The predicted molar refractivity (Wildman–Crippen MR) is 118 cm³/mol. The van der Waals surface area contributed by atoms with Crippen molar-refractivity contribution in [3.63, 3.8) is 0 Å². The number of rotatable bonds is 8. The van der Waals surface area contributed by atoms with Crippen LogP contribution in [0.2, 0.25) is 5.15 Å². The van der Waals surface area contributed by atoms with Crippen molar-refractivity contribution in [2.24, 2.45) is 0 Å². The van der Waals surface area contributed by atoms with E-state index in [2.05, 4.69) is 10.1 Å². The van der Waals surface area contributed by atoms with E-state index in [1.807, 2.05) is 0 Å². The standard InChI is InChI=1S/C21H21ClN4O7/c1-5-32-20(27)19(21(28)33-6-2)12-7-16(17(31-4)8-15(12)26(29)30)25-14-9-18(22)23-10-13(14)11(3)24-25/h7-10,19H,5-6H2,1-4H3. The molecule has 2 aromatic heterocycles. The van der Waals surface area contributed by atoms with Crippen LogP contribution in [0.5, 0.6) is 5.75 Å². The van der Waals surface area contributed by atoms with Crippen molar-refractivity contribution in [2.45, 2.75) is 26.7 Å².